The Bertz CT molecular complexity index is 885. The van der Waals surface area contributed by atoms with Crippen molar-refractivity contribution in [3.05, 3.63) is 35.4 Å². The van der Waals surface area contributed by atoms with Crippen LogP contribution in [0.25, 0.3) is 0 Å². The SMILES string of the molecule is CS(=O)(=O)N1CCCN(C(=O)C2CCN(C(=O)c3ccc(F)cc3F)CC2)CC1. The number of likely N-dealkylation sites (tertiary alicyclic amines) is 1. The van der Waals surface area contributed by atoms with Crippen molar-refractivity contribution < 1.29 is 26.8 Å². The average molecular weight is 429 g/mol. The Morgan fingerprint density at radius 3 is 2.28 bits per heavy atom. The number of sulfonamides is 1. The van der Waals surface area contributed by atoms with Crippen molar-refractivity contribution in [3.8, 4) is 0 Å². The van der Waals surface area contributed by atoms with Crippen LogP contribution in [0.3, 0.4) is 0 Å². The van der Waals surface area contributed by atoms with Gasteiger partial charge in [0, 0.05) is 51.3 Å². The zero-order valence-electron chi connectivity index (χ0n) is 16.3. The molecule has 0 atom stereocenters. The van der Waals surface area contributed by atoms with E-state index in [0.29, 0.717) is 58.1 Å². The summed E-state index contributed by atoms with van der Waals surface area (Å²) in [6.07, 6.45) is 2.67. The topological polar surface area (TPSA) is 78.0 Å². The van der Waals surface area contributed by atoms with Crippen LogP contribution < -0.4 is 0 Å². The number of amides is 2. The number of nitrogens with zero attached hydrogens (tertiary/aromatic N) is 3. The molecule has 2 fully saturated rings. The van der Waals surface area contributed by atoms with Crippen LogP contribution in [0.5, 0.6) is 0 Å². The highest BCUT2D eigenvalue weighted by atomic mass is 32.2. The summed E-state index contributed by atoms with van der Waals surface area (Å²) in [5.74, 6) is -2.42. The smallest absolute Gasteiger partial charge is 0.256 e. The molecule has 10 heteroatoms. The molecule has 0 N–H and O–H groups in total. The normalized spacial score (nSPS) is 19.8. The Labute approximate surface area is 169 Å². The van der Waals surface area contributed by atoms with E-state index in [1.807, 2.05) is 0 Å². The van der Waals surface area contributed by atoms with E-state index in [0.717, 1.165) is 12.1 Å². The number of carbonyl (C=O) groups is 2. The molecule has 2 heterocycles. The monoisotopic (exact) mass is 429 g/mol. The van der Waals surface area contributed by atoms with Crippen LogP contribution in [0, 0.1) is 17.6 Å². The van der Waals surface area contributed by atoms with Crippen molar-refractivity contribution in [1.82, 2.24) is 14.1 Å². The van der Waals surface area contributed by atoms with Gasteiger partial charge in [0.25, 0.3) is 5.91 Å². The molecule has 2 aliphatic heterocycles. The lowest BCUT2D eigenvalue weighted by atomic mass is 9.94. The molecular weight excluding hydrogens is 404 g/mol. The molecule has 160 valence electrons. The third-order valence-electron chi connectivity index (χ3n) is 5.53. The highest BCUT2D eigenvalue weighted by Gasteiger charge is 2.32. The zero-order valence-corrected chi connectivity index (χ0v) is 17.1. The van der Waals surface area contributed by atoms with Gasteiger partial charge in [0.15, 0.2) is 0 Å². The van der Waals surface area contributed by atoms with Crippen molar-refractivity contribution in [3.63, 3.8) is 0 Å². The quantitative estimate of drug-likeness (QED) is 0.726. The van der Waals surface area contributed by atoms with E-state index in [-0.39, 0.29) is 23.9 Å². The first-order valence-electron chi connectivity index (χ1n) is 9.65. The highest BCUT2D eigenvalue weighted by molar-refractivity contribution is 7.88. The van der Waals surface area contributed by atoms with Crippen molar-refractivity contribution in [2.75, 3.05) is 45.5 Å². The van der Waals surface area contributed by atoms with Gasteiger partial charge < -0.3 is 9.80 Å². The fraction of sp³-hybridized carbons (Fsp3) is 0.579. The van der Waals surface area contributed by atoms with Gasteiger partial charge >= 0.3 is 0 Å². The van der Waals surface area contributed by atoms with Gasteiger partial charge in [-0.3, -0.25) is 9.59 Å². The van der Waals surface area contributed by atoms with Crippen LogP contribution in [0.2, 0.25) is 0 Å². The van der Waals surface area contributed by atoms with Gasteiger partial charge in [-0.25, -0.2) is 21.5 Å². The lowest BCUT2D eigenvalue weighted by Crippen LogP contribution is -2.45. The highest BCUT2D eigenvalue weighted by Crippen LogP contribution is 2.23. The summed E-state index contributed by atoms with van der Waals surface area (Å²) in [4.78, 5) is 28.5. The van der Waals surface area contributed by atoms with Crippen molar-refractivity contribution in [2.24, 2.45) is 5.92 Å². The molecule has 0 unspecified atom stereocenters. The van der Waals surface area contributed by atoms with Crippen LogP contribution in [0.4, 0.5) is 8.78 Å². The van der Waals surface area contributed by atoms with E-state index in [4.69, 9.17) is 0 Å². The third-order valence-corrected chi connectivity index (χ3v) is 6.83. The first-order chi connectivity index (χ1) is 13.7. The van der Waals surface area contributed by atoms with Crippen molar-refractivity contribution in [1.29, 1.82) is 0 Å². The number of carbonyl (C=O) groups excluding carboxylic acids is 2. The maximum Gasteiger partial charge on any atom is 0.256 e. The first kappa shape index (κ1) is 21.6. The lowest BCUT2D eigenvalue weighted by Gasteiger charge is -2.34. The number of rotatable bonds is 3. The van der Waals surface area contributed by atoms with E-state index < -0.39 is 27.6 Å². The molecule has 0 aliphatic carbocycles. The van der Waals surface area contributed by atoms with Gasteiger partial charge in [-0.05, 0) is 31.4 Å². The van der Waals surface area contributed by atoms with Crippen molar-refractivity contribution >= 4 is 21.8 Å². The lowest BCUT2D eigenvalue weighted by molar-refractivity contribution is -0.136. The second-order valence-electron chi connectivity index (χ2n) is 7.53. The van der Waals surface area contributed by atoms with Gasteiger partial charge in [0.05, 0.1) is 11.8 Å². The summed E-state index contributed by atoms with van der Waals surface area (Å²) in [6.45, 7) is 2.17. The summed E-state index contributed by atoms with van der Waals surface area (Å²) >= 11 is 0. The van der Waals surface area contributed by atoms with E-state index in [1.165, 1.54) is 15.5 Å². The largest absolute Gasteiger partial charge is 0.341 e. The molecule has 0 saturated carbocycles. The molecule has 7 nitrogen and oxygen atoms in total. The molecule has 0 spiro atoms. The Hall–Kier alpha value is -2.07. The van der Waals surface area contributed by atoms with Gasteiger partial charge in [0.1, 0.15) is 11.6 Å². The molecule has 1 aromatic rings. The molecule has 3 rings (SSSR count). The van der Waals surface area contributed by atoms with Crippen LogP contribution in [0.15, 0.2) is 18.2 Å². The minimum absolute atomic E-state index is 0.0274. The third kappa shape index (κ3) is 5.11. The number of hydrogen-bond acceptors (Lipinski definition) is 4. The second-order valence-corrected chi connectivity index (χ2v) is 9.51. The summed E-state index contributed by atoms with van der Waals surface area (Å²) in [5.41, 5.74) is -0.176. The van der Waals surface area contributed by atoms with Crippen LogP contribution in [-0.4, -0.2) is 79.9 Å². The maximum atomic E-state index is 13.9. The summed E-state index contributed by atoms with van der Waals surface area (Å²) in [6, 6.07) is 2.86. The Morgan fingerprint density at radius 2 is 1.66 bits per heavy atom. The second kappa shape index (κ2) is 8.74. The molecule has 0 radical (unpaired) electrons. The fourth-order valence-electron chi connectivity index (χ4n) is 3.87. The number of hydrogen-bond donors (Lipinski definition) is 0. The molecule has 29 heavy (non-hydrogen) atoms. The Kier molecular flexibility index (Phi) is 6.52. The zero-order chi connectivity index (χ0) is 21.2. The summed E-state index contributed by atoms with van der Waals surface area (Å²) in [5, 5.41) is 0. The predicted molar refractivity (Wildman–Crippen MR) is 103 cm³/mol. The van der Waals surface area contributed by atoms with Gasteiger partial charge in [-0.1, -0.05) is 0 Å². The molecule has 1 aromatic carbocycles. The molecule has 2 aliphatic rings. The van der Waals surface area contributed by atoms with Crippen LogP contribution in [0.1, 0.15) is 29.6 Å². The predicted octanol–water partition coefficient (Wildman–Crippen LogP) is 1.31. The van der Waals surface area contributed by atoms with E-state index >= 15 is 0 Å². The molecule has 0 aromatic heterocycles. The number of halogens is 2. The standard InChI is InChI=1S/C19H25F2N3O4S/c1-29(27,28)24-8-2-7-22(11-12-24)18(25)14-5-9-23(10-6-14)19(26)16-4-3-15(20)13-17(16)21/h3-4,13-14H,2,5-12H2,1H3. The molecular formula is C19H25F2N3O4S. The van der Waals surface area contributed by atoms with Gasteiger partial charge in [-0.2, -0.15) is 0 Å². The summed E-state index contributed by atoms with van der Waals surface area (Å²) < 4.78 is 51.7. The molecule has 0 bridgehead atoms. The van der Waals surface area contributed by atoms with E-state index in [9.17, 15) is 26.8 Å². The molecule has 2 saturated heterocycles. The van der Waals surface area contributed by atoms with E-state index in [2.05, 4.69) is 0 Å². The number of benzene rings is 1. The average Bonchev–Trinajstić information content (AvgIpc) is 2.93. The van der Waals surface area contributed by atoms with Gasteiger partial charge in [-0.15, -0.1) is 0 Å². The summed E-state index contributed by atoms with van der Waals surface area (Å²) in [7, 11) is -3.28. The van der Waals surface area contributed by atoms with Crippen molar-refractivity contribution in [2.45, 2.75) is 19.3 Å². The molecule has 2 amide bonds. The van der Waals surface area contributed by atoms with Crippen LogP contribution in [-0.2, 0) is 14.8 Å². The fourth-order valence-corrected chi connectivity index (χ4v) is 4.74. The van der Waals surface area contributed by atoms with Gasteiger partial charge in [0.2, 0.25) is 15.9 Å². The van der Waals surface area contributed by atoms with E-state index in [1.54, 1.807) is 4.90 Å². The minimum Gasteiger partial charge on any atom is -0.341 e. The van der Waals surface area contributed by atoms with Crippen LogP contribution >= 0.6 is 0 Å². The Balaban J connectivity index is 1.56. The number of piperidine rings is 1. The Morgan fingerprint density at radius 1 is 0.966 bits per heavy atom. The first-order valence-corrected chi connectivity index (χ1v) is 11.5. The maximum absolute atomic E-state index is 13.9. The minimum atomic E-state index is -3.28.